The van der Waals surface area contributed by atoms with E-state index >= 15 is 0 Å². The van der Waals surface area contributed by atoms with Crippen molar-refractivity contribution in [2.75, 3.05) is 0 Å². The van der Waals surface area contributed by atoms with Crippen molar-refractivity contribution in [1.82, 2.24) is 0 Å². The molecule has 25 heavy (non-hydrogen) atoms. The van der Waals surface area contributed by atoms with Gasteiger partial charge in [-0.1, -0.05) is 51.1 Å². The number of ether oxygens (including phenoxy) is 1. The predicted octanol–water partition coefficient (Wildman–Crippen LogP) is 5.96. The van der Waals surface area contributed by atoms with Crippen LogP contribution in [0.3, 0.4) is 0 Å². The molecule has 0 amide bonds. The van der Waals surface area contributed by atoms with Crippen LogP contribution in [0.5, 0.6) is 0 Å². The minimum absolute atomic E-state index is 0.0906. The lowest BCUT2D eigenvalue weighted by Crippen LogP contribution is -2.12. The molecule has 136 valence electrons. The average Bonchev–Trinajstić information content (AvgIpc) is 3.11. The molecule has 0 aliphatic rings. The second kappa shape index (κ2) is 10.1. The zero-order valence-electron chi connectivity index (χ0n) is 15.6. The average molecular weight is 342 g/mol. The van der Waals surface area contributed by atoms with Crippen LogP contribution in [-0.2, 0) is 16.1 Å². The molecule has 0 radical (unpaired) electrons. The van der Waals surface area contributed by atoms with E-state index in [9.17, 15) is 4.79 Å². The zero-order chi connectivity index (χ0) is 18.1. The van der Waals surface area contributed by atoms with Crippen LogP contribution in [0.25, 0.3) is 0 Å². The van der Waals surface area contributed by atoms with Crippen molar-refractivity contribution in [2.45, 2.75) is 59.0 Å². The summed E-state index contributed by atoms with van der Waals surface area (Å²) in [6.45, 7) is 7.12. The molecule has 1 aromatic heterocycles. The maximum absolute atomic E-state index is 12.3. The highest BCUT2D eigenvalue weighted by Gasteiger charge is 2.21. The predicted molar refractivity (Wildman–Crippen MR) is 100 cm³/mol. The first-order chi connectivity index (χ1) is 12.0. The molecule has 3 heteroatoms. The Hall–Kier alpha value is -2.03. The van der Waals surface area contributed by atoms with Crippen LogP contribution in [0, 0.1) is 11.8 Å². The fourth-order valence-electron chi connectivity index (χ4n) is 3.27. The van der Waals surface area contributed by atoms with E-state index in [1.54, 1.807) is 6.26 Å². The smallest absolute Gasteiger partial charge is 0.306 e. The highest BCUT2D eigenvalue weighted by molar-refractivity contribution is 5.70. The SMILES string of the molecule is CC(C)CC(C)CCC(CC(=O)OCc1ccccc1)c1ccco1. The van der Waals surface area contributed by atoms with Gasteiger partial charge < -0.3 is 9.15 Å². The lowest BCUT2D eigenvalue weighted by Gasteiger charge is -2.18. The van der Waals surface area contributed by atoms with E-state index in [2.05, 4.69) is 20.8 Å². The van der Waals surface area contributed by atoms with Gasteiger partial charge >= 0.3 is 5.97 Å². The van der Waals surface area contributed by atoms with Crippen LogP contribution in [0.4, 0.5) is 0 Å². The van der Waals surface area contributed by atoms with Crippen molar-refractivity contribution in [3.05, 3.63) is 60.1 Å². The number of hydrogen-bond donors (Lipinski definition) is 0. The van der Waals surface area contributed by atoms with Gasteiger partial charge in [0.2, 0.25) is 0 Å². The van der Waals surface area contributed by atoms with Crippen molar-refractivity contribution in [1.29, 1.82) is 0 Å². The molecule has 0 saturated carbocycles. The first-order valence-corrected chi connectivity index (χ1v) is 9.27. The largest absolute Gasteiger partial charge is 0.469 e. The molecule has 0 bridgehead atoms. The van der Waals surface area contributed by atoms with Crippen molar-refractivity contribution < 1.29 is 13.9 Å². The molecule has 2 unspecified atom stereocenters. The van der Waals surface area contributed by atoms with Gasteiger partial charge in [-0.15, -0.1) is 0 Å². The molecule has 2 aromatic rings. The van der Waals surface area contributed by atoms with Gasteiger partial charge in [-0.05, 0) is 48.8 Å². The van der Waals surface area contributed by atoms with Crippen LogP contribution in [0.1, 0.15) is 63.7 Å². The molecule has 2 rings (SSSR count). The Morgan fingerprint density at radius 1 is 1.04 bits per heavy atom. The van der Waals surface area contributed by atoms with Gasteiger partial charge in [0, 0.05) is 5.92 Å². The molecule has 0 aliphatic carbocycles. The number of furan rings is 1. The molecule has 1 heterocycles. The Morgan fingerprint density at radius 2 is 1.80 bits per heavy atom. The molecule has 0 saturated heterocycles. The molecule has 0 spiro atoms. The van der Waals surface area contributed by atoms with E-state index < -0.39 is 0 Å². The maximum atomic E-state index is 12.3. The maximum Gasteiger partial charge on any atom is 0.306 e. The van der Waals surface area contributed by atoms with Gasteiger partial charge in [-0.2, -0.15) is 0 Å². The second-order valence-corrected chi connectivity index (χ2v) is 7.37. The highest BCUT2D eigenvalue weighted by Crippen LogP contribution is 2.29. The van der Waals surface area contributed by atoms with Gasteiger partial charge in [-0.3, -0.25) is 4.79 Å². The summed E-state index contributed by atoms with van der Waals surface area (Å²) >= 11 is 0. The number of carbonyl (C=O) groups excluding carboxylic acids is 1. The summed E-state index contributed by atoms with van der Waals surface area (Å²) in [6, 6.07) is 13.6. The van der Waals surface area contributed by atoms with Crippen LogP contribution in [0.2, 0.25) is 0 Å². The lowest BCUT2D eigenvalue weighted by atomic mass is 9.88. The van der Waals surface area contributed by atoms with Gasteiger partial charge in [0.15, 0.2) is 0 Å². The molecule has 0 N–H and O–H groups in total. The number of esters is 1. The Balaban J connectivity index is 1.86. The van der Waals surface area contributed by atoms with Crippen LogP contribution in [-0.4, -0.2) is 5.97 Å². The Morgan fingerprint density at radius 3 is 2.44 bits per heavy atom. The van der Waals surface area contributed by atoms with E-state index in [0.717, 1.165) is 24.2 Å². The number of carbonyl (C=O) groups is 1. The quantitative estimate of drug-likeness (QED) is 0.500. The molecular weight excluding hydrogens is 312 g/mol. The van der Waals surface area contributed by atoms with Crippen molar-refractivity contribution in [3.63, 3.8) is 0 Å². The van der Waals surface area contributed by atoms with Gasteiger partial charge in [0.25, 0.3) is 0 Å². The fraction of sp³-hybridized carbons (Fsp3) is 0.500. The zero-order valence-corrected chi connectivity index (χ0v) is 15.6. The number of benzene rings is 1. The molecule has 3 nitrogen and oxygen atoms in total. The van der Waals surface area contributed by atoms with Crippen molar-refractivity contribution >= 4 is 5.97 Å². The monoisotopic (exact) mass is 342 g/mol. The Labute approximate surface area is 151 Å². The Kier molecular flexibility index (Phi) is 7.77. The summed E-state index contributed by atoms with van der Waals surface area (Å²) in [4.78, 5) is 12.3. The summed E-state index contributed by atoms with van der Waals surface area (Å²) in [5.74, 6) is 2.16. The van der Waals surface area contributed by atoms with Gasteiger partial charge in [0.1, 0.15) is 12.4 Å². The lowest BCUT2D eigenvalue weighted by molar-refractivity contribution is -0.145. The Bertz CT molecular complexity index is 601. The third-order valence-corrected chi connectivity index (χ3v) is 4.48. The first kappa shape index (κ1) is 19.3. The summed E-state index contributed by atoms with van der Waals surface area (Å²) < 4.78 is 11.0. The van der Waals surface area contributed by atoms with E-state index in [4.69, 9.17) is 9.15 Å². The molecular formula is C22H30O3. The third kappa shape index (κ3) is 7.16. The normalized spacial score (nSPS) is 13.6. The minimum atomic E-state index is -0.165. The van der Waals surface area contributed by atoms with Crippen LogP contribution >= 0.6 is 0 Å². The minimum Gasteiger partial charge on any atom is -0.469 e. The summed E-state index contributed by atoms with van der Waals surface area (Å²) in [5.41, 5.74) is 1.01. The van der Waals surface area contributed by atoms with E-state index in [1.807, 2.05) is 42.5 Å². The van der Waals surface area contributed by atoms with Gasteiger partial charge in [0.05, 0.1) is 12.7 Å². The van der Waals surface area contributed by atoms with Gasteiger partial charge in [-0.25, -0.2) is 0 Å². The highest BCUT2D eigenvalue weighted by atomic mass is 16.5. The van der Waals surface area contributed by atoms with Crippen LogP contribution in [0.15, 0.2) is 53.1 Å². The van der Waals surface area contributed by atoms with E-state index in [0.29, 0.717) is 24.9 Å². The fourth-order valence-corrected chi connectivity index (χ4v) is 3.27. The van der Waals surface area contributed by atoms with E-state index in [1.165, 1.54) is 6.42 Å². The first-order valence-electron chi connectivity index (χ1n) is 9.27. The number of hydrogen-bond acceptors (Lipinski definition) is 3. The third-order valence-electron chi connectivity index (χ3n) is 4.48. The van der Waals surface area contributed by atoms with Crippen molar-refractivity contribution in [2.24, 2.45) is 11.8 Å². The molecule has 2 atom stereocenters. The molecule has 1 aromatic carbocycles. The second-order valence-electron chi connectivity index (χ2n) is 7.37. The summed E-state index contributed by atoms with van der Waals surface area (Å²) in [5, 5.41) is 0. The summed E-state index contributed by atoms with van der Waals surface area (Å²) in [6.07, 6.45) is 5.30. The molecule has 0 aliphatic heterocycles. The standard InChI is InChI=1S/C22H30O3/c1-17(2)14-18(3)11-12-20(21-10-7-13-24-21)15-22(23)25-16-19-8-5-4-6-9-19/h4-10,13,17-18,20H,11-12,14-16H2,1-3H3. The molecule has 0 fully saturated rings. The van der Waals surface area contributed by atoms with Crippen molar-refractivity contribution in [3.8, 4) is 0 Å². The summed E-state index contributed by atoms with van der Waals surface area (Å²) in [7, 11) is 0. The number of rotatable bonds is 10. The van der Waals surface area contributed by atoms with E-state index in [-0.39, 0.29) is 11.9 Å². The topological polar surface area (TPSA) is 39.4 Å². The van der Waals surface area contributed by atoms with Crippen LogP contribution < -0.4 is 0 Å².